The smallest absolute Gasteiger partial charge is 0.303 e. The van der Waals surface area contributed by atoms with Crippen molar-refractivity contribution in [1.29, 1.82) is 0 Å². The van der Waals surface area contributed by atoms with Gasteiger partial charge in [-0.15, -0.1) is 0 Å². The second-order valence-electron chi connectivity index (χ2n) is 7.35. The van der Waals surface area contributed by atoms with Gasteiger partial charge in [0.1, 0.15) is 0 Å². The lowest BCUT2D eigenvalue weighted by molar-refractivity contribution is -0.139. The van der Waals surface area contributed by atoms with E-state index in [-0.39, 0.29) is 29.8 Å². The molecular weight excluding hydrogens is 268 g/mol. The Bertz CT molecular complexity index is 327. The minimum Gasteiger partial charge on any atom is -0.481 e. The average Bonchev–Trinajstić information content (AvgIpc) is 2.74. The Hall–Kier alpha value is -0.610. The van der Waals surface area contributed by atoms with Crippen molar-refractivity contribution in [3.05, 3.63) is 0 Å². The Balaban J connectivity index is 2.47. The first-order chi connectivity index (χ1) is 9.77. The molecule has 0 aromatic heterocycles. The van der Waals surface area contributed by atoms with Crippen LogP contribution in [0.1, 0.15) is 72.1 Å². The van der Waals surface area contributed by atoms with Crippen LogP contribution < -0.4 is 0 Å². The lowest BCUT2D eigenvalue weighted by atomic mass is 9.77. The SMILES string of the molecule is CCCCC(C)(C)C(O)CCC1CCC(O)C1CC(=O)O. The first-order valence-corrected chi connectivity index (χ1v) is 8.35. The number of aliphatic carboxylic acids is 1. The Morgan fingerprint density at radius 3 is 2.57 bits per heavy atom. The predicted molar refractivity (Wildman–Crippen MR) is 83.0 cm³/mol. The van der Waals surface area contributed by atoms with E-state index in [0.717, 1.165) is 32.1 Å². The van der Waals surface area contributed by atoms with Crippen LogP contribution in [0.5, 0.6) is 0 Å². The number of aliphatic hydroxyl groups is 2. The lowest BCUT2D eigenvalue weighted by Crippen LogP contribution is -2.30. The maximum absolute atomic E-state index is 10.9. The van der Waals surface area contributed by atoms with Crippen molar-refractivity contribution in [2.75, 3.05) is 0 Å². The van der Waals surface area contributed by atoms with Crippen LogP contribution in [-0.2, 0) is 4.79 Å². The van der Waals surface area contributed by atoms with Gasteiger partial charge in [-0.1, -0.05) is 33.6 Å². The quantitative estimate of drug-likeness (QED) is 0.611. The van der Waals surface area contributed by atoms with E-state index in [4.69, 9.17) is 5.11 Å². The van der Waals surface area contributed by atoms with Gasteiger partial charge in [-0.05, 0) is 49.4 Å². The molecule has 0 spiro atoms. The van der Waals surface area contributed by atoms with Crippen LogP contribution in [0.15, 0.2) is 0 Å². The van der Waals surface area contributed by atoms with Gasteiger partial charge < -0.3 is 15.3 Å². The van der Waals surface area contributed by atoms with Crippen LogP contribution in [0.2, 0.25) is 0 Å². The number of carboxylic acids is 1. The van der Waals surface area contributed by atoms with Gasteiger partial charge in [-0.2, -0.15) is 0 Å². The van der Waals surface area contributed by atoms with E-state index < -0.39 is 12.1 Å². The third-order valence-corrected chi connectivity index (χ3v) is 5.23. The van der Waals surface area contributed by atoms with Gasteiger partial charge >= 0.3 is 5.97 Å². The minimum atomic E-state index is -0.838. The number of rotatable bonds is 9. The summed E-state index contributed by atoms with van der Waals surface area (Å²) in [6.07, 6.45) is 5.54. The first kappa shape index (κ1) is 18.4. The zero-order valence-corrected chi connectivity index (χ0v) is 13.7. The summed E-state index contributed by atoms with van der Waals surface area (Å²) in [7, 11) is 0. The summed E-state index contributed by atoms with van der Waals surface area (Å²) in [5.41, 5.74) is -0.0878. The highest BCUT2D eigenvalue weighted by atomic mass is 16.4. The number of carbonyl (C=O) groups is 1. The highest BCUT2D eigenvalue weighted by molar-refractivity contribution is 5.67. The summed E-state index contributed by atoms with van der Waals surface area (Å²) in [5, 5.41) is 29.3. The number of aliphatic hydroxyl groups excluding tert-OH is 2. The van der Waals surface area contributed by atoms with Gasteiger partial charge in [0.05, 0.1) is 18.6 Å². The van der Waals surface area contributed by atoms with Crippen molar-refractivity contribution < 1.29 is 20.1 Å². The largest absolute Gasteiger partial charge is 0.481 e. The van der Waals surface area contributed by atoms with Gasteiger partial charge in [-0.25, -0.2) is 0 Å². The molecule has 1 fully saturated rings. The molecule has 0 aromatic rings. The molecule has 21 heavy (non-hydrogen) atoms. The molecule has 1 rings (SSSR count). The zero-order chi connectivity index (χ0) is 16.0. The van der Waals surface area contributed by atoms with Crippen molar-refractivity contribution in [3.8, 4) is 0 Å². The average molecular weight is 300 g/mol. The van der Waals surface area contributed by atoms with Gasteiger partial charge in [0.25, 0.3) is 0 Å². The molecule has 1 aliphatic carbocycles. The van der Waals surface area contributed by atoms with Gasteiger partial charge in [-0.3, -0.25) is 4.79 Å². The summed E-state index contributed by atoms with van der Waals surface area (Å²) in [6.45, 7) is 6.36. The molecule has 0 saturated heterocycles. The number of carboxylic acid groups (broad SMARTS) is 1. The molecular formula is C17H32O4. The fourth-order valence-electron chi connectivity index (χ4n) is 3.55. The molecule has 0 heterocycles. The second-order valence-corrected chi connectivity index (χ2v) is 7.35. The molecule has 0 aliphatic heterocycles. The third-order valence-electron chi connectivity index (χ3n) is 5.23. The van der Waals surface area contributed by atoms with Crippen molar-refractivity contribution in [3.63, 3.8) is 0 Å². The van der Waals surface area contributed by atoms with Crippen molar-refractivity contribution in [2.24, 2.45) is 17.3 Å². The Labute approximate surface area is 128 Å². The van der Waals surface area contributed by atoms with Crippen molar-refractivity contribution in [2.45, 2.75) is 84.3 Å². The van der Waals surface area contributed by atoms with Gasteiger partial charge in [0, 0.05) is 0 Å². The lowest BCUT2D eigenvalue weighted by Gasteiger charge is -2.32. The highest BCUT2D eigenvalue weighted by Gasteiger charge is 2.37. The van der Waals surface area contributed by atoms with E-state index in [1.807, 2.05) is 0 Å². The summed E-state index contributed by atoms with van der Waals surface area (Å²) in [5.74, 6) is -0.754. The Morgan fingerprint density at radius 2 is 2.00 bits per heavy atom. The fourth-order valence-corrected chi connectivity index (χ4v) is 3.55. The molecule has 0 radical (unpaired) electrons. The molecule has 0 amide bonds. The van der Waals surface area contributed by atoms with Crippen LogP contribution in [-0.4, -0.2) is 33.5 Å². The summed E-state index contributed by atoms with van der Waals surface area (Å²) in [6, 6.07) is 0. The molecule has 1 saturated carbocycles. The minimum absolute atomic E-state index is 0.0428. The third kappa shape index (κ3) is 5.59. The van der Waals surface area contributed by atoms with Crippen molar-refractivity contribution >= 4 is 5.97 Å². The molecule has 1 aliphatic rings. The van der Waals surface area contributed by atoms with Crippen LogP contribution in [0, 0.1) is 17.3 Å². The summed E-state index contributed by atoms with van der Waals surface area (Å²) >= 11 is 0. The number of unbranched alkanes of at least 4 members (excludes halogenated alkanes) is 1. The normalized spacial score (nSPS) is 27.8. The molecule has 0 bridgehead atoms. The molecule has 4 atom stereocenters. The molecule has 4 nitrogen and oxygen atoms in total. The second kappa shape index (κ2) is 8.14. The van der Waals surface area contributed by atoms with E-state index >= 15 is 0 Å². The molecule has 0 aromatic carbocycles. The monoisotopic (exact) mass is 300 g/mol. The van der Waals surface area contributed by atoms with Crippen LogP contribution in [0.3, 0.4) is 0 Å². The molecule has 4 unspecified atom stereocenters. The van der Waals surface area contributed by atoms with E-state index in [0.29, 0.717) is 12.8 Å². The maximum Gasteiger partial charge on any atom is 0.303 e. The molecule has 124 valence electrons. The summed E-state index contributed by atoms with van der Waals surface area (Å²) < 4.78 is 0. The van der Waals surface area contributed by atoms with Crippen LogP contribution >= 0.6 is 0 Å². The van der Waals surface area contributed by atoms with E-state index in [9.17, 15) is 15.0 Å². The summed E-state index contributed by atoms with van der Waals surface area (Å²) in [4.78, 5) is 10.9. The topological polar surface area (TPSA) is 77.8 Å². The molecule has 3 N–H and O–H groups in total. The van der Waals surface area contributed by atoms with E-state index in [1.165, 1.54) is 0 Å². The predicted octanol–water partition coefficient (Wildman–Crippen LogP) is 3.21. The van der Waals surface area contributed by atoms with Crippen LogP contribution in [0.4, 0.5) is 0 Å². The Morgan fingerprint density at radius 1 is 1.33 bits per heavy atom. The maximum atomic E-state index is 10.9. The Kier molecular flexibility index (Phi) is 7.14. The molecule has 4 heteroatoms. The van der Waals surface area contributed by atoms with Gasteiger partial charge in [0.15, 0.2) is 0 Å². The van der Waals surface area contributed by atoms with Gasteiger partial charge in [0.2, 0.25) is 0 Å². The first-order valence-electron chi connectivity index (χ1n) is 8.35. The number of hydrogen-bond donors (Lipinski definition) is 3. The van der Waals surface area contributed by atoms with Crippen LogP contribution in [0.25, 0.3) is 0 Å². The van der Waals surface area contributed by atoms with E-state index in [2.05, 4.69) is 20.8 Å². The van der Waals surface area contributed by atoms with E-state index in [1.54, 1.807) is 0 Å². The highest BCUT2D eigenvalue weighted by Crippen LogP contribution is 2.39. The van der Waals surface area contributed by atoms with Crippen molar-refractivity contribution in [1.82, 2.24) is 0 Å². The standard InChI is InChI=1S/C17H32O4/c1-4-5-10-17(2,3)15(19)9-7-12-6-8-14(18)13(12)11-16(20)21/h12-15,18-19H,4-11H2,1-3H3,(H,20,21). The fraction of sp³-hybridized carbons (Fsp3) is 0.941. The number of hydrogen-bond acceptors (Lipinski definition) is 3. The zero-order valence-electron chi connectivity index (χ0n) is 13.7.